The molecule has 4 heteroatoms. The summed E-state index contributed by atoms with van der Waals surface area (Å²) in [6.07, 6.45) is 5.55. The van der Waals surface area contributed by atoms with Crippen molar-refractivity contribution in [3.63, 3.8) is 0 Å². The molecule has 2 rings (SSSR count). The number of carbonyl (C=O) groups excluding carboxylic acids is 1. The van der Waals surface area contributed by atoms with Crippen molar-refractivity contribution in [3.05, 3.63) is 29.7 Å². The van der Waals surface area contributed by atoms with Gasteiger partial charge in [0.15, 0.2) is 5.78 Å². The molecule has 1 aliphatic heterocycles. The van der Waals surface area contributed by atoms with Crippen LogP contribution in [0.5, 0.6) is 0 Å². The van der Waals surface area contributed by atoms with Crippen LogP contribution in [0.25, 0.3) is 0 Å². The van der Waals surface area contributed by atoms with Gasteiger partial charge in [0.05, 0.1) is 6.20 Å². The molecule has 0 saturated carbocycles. The van der Waals surface area contributed by atoms with Crippen LogP contribution < -0.4 is 0 Å². The van der Waals surface area contributed by atoms with E-state index in [2.05, 4.69) is 10.1 Å². The Hall–Kier alpha value is -1.71. The lowest BCUT2D eigenvalue weighted by molar-refractivity contribution is -0.112. The summed E-state index contributed by atoms with van der Waals surface area (Å²) in [5, 5.41) is 4.09. The third kappa shape index (κ3) is 1.28. The van der Waals surface area contributed by atoms with Crippen molar-refractivity contribution in [3.8, 4) is 0 Å². The number of nitrogens with zero attached hydrogens (tertiary/aromatic N) is 3. The van der Waals surface area contributed by atoms with Crippen molar-refractivity contribution < 1.29 is 4.79 Å². The number of carbonyl (C=O) groups is 1. The molecule has 0 radical (unpaired) electrons. The van der Waals surface area contributed by atoms with E-state index in [1.54, 1.807) is 23.2 Å². The van der Waals surface area contributed by atoms with Crippen molar-refractivity contribution in [1.82, 2.24) is 9.78 Å². The summed E-state index contributed by atoms with van der Waals surface area (Å²) in [5.41, 5.74) is 2.33. The van der Waals surface area contributed by atoms with E-state index >= 15 is 0 Å². The van der Waals surface area contributed by atoms with Gasteiger partial charge in [-0.2, -0.15) is 5.10 Å². The largest absolute Gasteiger partial charge is 0.292 e. The summed E-state index contributed by atoms with van der Waals surface area (Å²) in [6, 6.07) is 0. The first-order chi connectivity index (χ1) is 6.70. The van der Waals surface area contributed by atoms with E-state index in [0.29, 0.717) is 12.1 Å². The van der Waals surface area contributed by atoms with Gasteiger partial charge in [0, 0.05) is 30.9 Å². The normalized spacial score (nSPS) is 15.9. The summed E-state index contributed by atoms with van der Waals surface area (Å²) in [4.78, 5) is 15.6. The Morgan fingerprint density at radius 3 is 2.86 bits per heavy atom. The standard InChI is InChI=1S/C10H11N3O/c1-7-8(6-12-13(7)2)10-9(14)4-3-5-11-10/h3,5-6H,4H2,1-2H3. The van der Waals surface area contributed by atoms with Gasteiger partial charge in [-0.1, -0.05) is 6.08 Å². The first kappa shape index (κ1) is 8.87. The SMILES string of the molecule is Cc1c(C2=NC=CCC2=O)cnn1C. The van der Waals surface area contributed by atoms with Crippen molar-refractivity contribution >= 4 is 11.5 Å². The number of aliphatic imine (C=N–C) groups is 1. The highest BCUT2D eigenvalue weighted by Gasteiger charge is 2.18. The summed E-state index contributed by atoms with van der Waals surface area (Å²) in [5.74, 6) is 0.0589. The van der Waals surface area contributed by atoms with Crippen LogP contribution in [0.1, 0.15) is 17.7 Å². The maximum Gasteiger partial charge on any atom is 0.185 e. The quantitative estimate of drug-likeness (QED) is 0.661. The number of Topliss-reactive ketones (excluding diaryl/α,β-unsaturated/α-hetero) is 1. The van der Waals surface area contributed by atoms with E-state index in [-0.39, 0.29) is 5.78 Å². The van der Waals surface area contributed by atoms with Gasteiger partial charge in [0.2, 0.25) is 0 Å². The third-order valence-corrected chi connectivity index (χ3v) is 2.37. The summed E-state index contributed by atoms with van der Waals surface area (Å²) in [7, 11) is 1.85. The molecule has 2 heterocycles. The molecule has 0 bridgehead atoms. The number of allylic oxidation sites excluding steroid dienone is 1. The molecule has 0 atom stereocenters. The minimum absolute atomic E-state index is 0.0589. The molecule has 0 aliphatic carbocycles. The van der Waals surface area contributed by atoms with Gasteiger partial charge in [-0.05, 0) is 6.92 Å². The van der Waals surface area contributed by atoms with Crippen molar-refractivity contribution in [2.24, 2.45) is 12.0 Å². The fraction of sp³-hybridized carbons (Fsp3) is 0.300. The zero-order chi connectivity index (χ0) is 10.1. The van der Waals surface area contributed by atoms with E-state index < -0.39 is 0 Å². The topological polar surface area (TPSA) is 47.2 Å². The molecule has 0 N–H and O–H groups in total. The molecule has 1 aliphatic rings. The van der Waals surface area contributed by atoms with Crippen LogP contribution in [0, 0.1) is 6.92 Å². The molecule has 14 heavy (non-hydrogen) atoms. The zero-order valence-electron chi connectivity index (χ0n) is 8.19. The van der Waals surface area contributed by atoms with Crippen molar-refractivity contribution in [2.75, 3.05) is 0 Å². The van der Waals surface area contributed by atoms with Crippen LogP contribution in [-0.2, 0) is 11.8 Å². The number of aromatic nitrogens is 2. The smallest absolute Gasteiger partial charge is 0.185 e. The Morgan fingerprint density at radius 2 is 2.29 bits per heavy atom. The summed E-state index contributed by atoms with van der Waals surface area (Å²) in [6.45, 7) is 1.93. The monoisotopic (exact) mass is 189 g/mol. The molecule has 72 valence electrons. The number of aryl methyl sites for hydroxylation is 1. The summed E-state index contributed by atoms with van der Waals surface area (Å²) >= 11 is 0. The Kier molecular flexibility index (Phi) is 2.04. The highest BCUT2D eigenvalue weighted by molar-refractivity contribution is 6.47. The van der Waals surface area contributed by atoms with Gasteiger partial charge in [0.25, 0.3) is 0 Å². The minimum atomic E-state index is 0.0589. The maximum absolute atomic E-state index is 11.5. The van der Waals surface area contributed by atoms with Crippen molar-refractivity contribution in [2.45, 2.75) is 13.3 Å². The molecular weight excluding hydrogens is 178 g/mol. The fourth-order valence-electron chi connectivity index (χ4n) is 1.41. The lowest BCUT2D eigenvalue weighted by Crippen LogP contribution is -2.17. The highest BCUT2D eigenvalue weighted by Crippen LogP contribution is 2.12. The minimum Gasteiger partial charge on any atom is -0.292 e. The number of hydrogen-bond acceptors (Lipinski definition) is 3. The fourth-order valence-corrected chi connectivity index (χ4v) is 1.41. The second-order valence-electron chi connectivity index (χ2n) is 3.26. The van der Waals surface area contributed by atoms with Gasteiger partial charge in [0.1, 0.15) is 5.71 Å². The van der Waals surface area contributed by atoms with Gasteiger partial charge in [-0.3, -0.25) is 14.5 Å². The number of hydrogen-bond donors (Lipinski definition) is 0. The Morgan fingerprint density at radius 1 is 1.50 bits per heavy atom. The predicted molar refractivity (Wildman–Crippen MR) is 53.2 cm³/mol. The number of ketones is 1. The first-order valence-corrected chi connectivity index (χ1v) is 4.45. The van der Waals surface area contributed by atoms with Gasteiger partial charge >= 0.3 is 0 Å². The maximum atomic E-state index is 11.5. The molecule has 1 aromatic heterocycles. The third-order valence-electron chi connectivity index (χ3n) is 2.37. The average Bonchev–Trinajstić information content (AvgIpc) is 2.49. The lowest BCUT2D eigenvalue weighted by atomic mass is 10.0. The second-order valence-corrected chi connectivity index (χ2v) is 3.26. The average molecular weight is 189 g/mol. The van der Waals surface area contributed by atoms with E-state index in [1.807, 2.05) is 14.0 Å². The van der Waals surface area contributed by atoms with Crippen LogP contribution in [0.15, 0.2) is 23.5 Å². The highest BCUT2D eigenvalue weighted by atomic mass is 16.1. The Balaban J connectivity index is 2.49. The van der Waals surface area contributed by atoms with E-state index in [9.17, 15) is 4.79 Å². The predicted octanol–water partition coefficient (Wildman–Crippen LogP) is 1.00. The van der Waals surface area contributed by atoms with Crippen LogP contribution in [-0.4, -0.2) is 21.3 Å². The van der Waals surface area contributed by atoms with Crippen LogP contribution in [0.3, 0.4) is 0 Å². The molecule has 0 amide bonds. The van der Waals surface area contributed by atoms with Crippen LogP contribution in [0.2, 0.25) is 0 Å². The molecule has 4 nitrogen and oxygen atoms in total. The lowest BCUT2D eigenvalue weighted by Gasteiger charge is -2.05. The van der Waals surface area contributed by atoms with Gasteiger partial charge < -0.3 is 0 Å². The number of rotatable bonds is 1. The molecule has 0 spiro atoms. The van der Waals surface area contributed by atoms with Crippen molar-refractivity contribution in [1.29, 1.82) is 0 Å². The van der Waals surface area contributed by atoms with E-state index in [0.717, 1.165) is 11.3 Å². The second kappa shape index (κ2) is 3.21. The van der Waals surface area contributed by atoms with Crippen LogP contribution in [0.4, 0.5) is 0 Å². The molecule has 0 aromatic carbocycles. The molecule has 0 saturated heterocycles. The van der Waals surface area contributed by atoms with Gasteiger partial charge in [-0.15, -0.1) is 0 Å². The van der Waals surface area contributed by atoms with Gasteiger partial charge in [-0.25, -0.2) is 0 Å². The molecule has 1 aromatic rings. The van der Waals surface area contributed by atoms with Crippen LogP contribution >= 0.6 is 0 Å². The van der Waals surface area contributed by atoms with E-state index in [4.69, 9.17) is 0 Å². The Labute approximate surface area is 82.0 Å². The van der Waals surface area contributed by atoms with E-state index in [1.165, 1.54) is 0 Å². The molecule has 0 fully saturated rings. The summed E-state index contributed by atoms with van der Waals surface area (Å²) < 4.78 is 1.74. The first-order valence-electron chi connectivity index (χ1n) is 4.45. The molecular formula is C10H11N3O. The Bertz CT molecular complexity index is 440. The zero-order valence-corrected chi connectivity index (χ0v) is 8.19. The molecule has 0 unspecified atom stereocenters.